The lowest BCUT2D eigenvalue weighted by Crippen LogP contribution is -2.58. The van der Waals surface area contributed by atoms with Gasteiger partial charge in [-0.2, -0.15) is 0 Å². The first kappa shape index (κ1) is 13.6. The topological polar surface area (TPSA) is 6.48 Å². The van der Waals surface area contributed by atoms with Crippen LogP contribution < -0.4 is 4.90 Å². The lowest BCUT2D eigenvalue weighted by molar-refractivity contribution is 0.176. The van der Waals surface area contributed by atoms with Crippen molar-refractivity contribution < 1.29 is 0 Å². The second kappa shape index (κ2) is 5.29. The monoisotopic (exact) mass is 300 g/mol. The molecule has 0 saturated carbocycles. The van der Waals surface area contributed by atoms with Gasteiger partial charge in [0.15, 0.2) is 0 Å². The second-order valence-corrected chi connectivity index (χ2v) is 7.85. The Kier molecular flexibility index (Phi) is 3.43. The molecule has 0 spiro atoms. The van der Waals surface area contributed by atoms with Crippen molar-refractivity contribution >= 4 is 27.1 Å². The fourth-order valence-electron chi connectivity index (χ4n) is 4.04. The van der Waals surface area contributed by atoms with Gasteiger partial charge in [0.25, 0.3) is 0 Å². The summed E-state index contributed by atoms with van der Waals surface area (Å²) < 4.78 is 1.40. The molecule has 3 heteroatoms. The Morgan fingerprint density at radius 2 is 2.10 bits per heavy atom. The standard InChI is InChI=1S/C18H24N2S/c1-13(2)17-12-19-8-3-4-16(19)11-20(17)15-5-6-18-14(10-15)7-9-21-18/h5-7,9-10,13,16-17H,3-4,8,11-12H2,1-2H3. The zero-order valence-electron chi connectivity index (χ0n) is 13.0. The van der Waals surface area contributed by atoms with Gasteiger partial charge in [-0.05, 0) is 60.3 Å². The molecule has 2 atom stereocenters. The molecule has 21 heavy (non-hydrogen) atoms. The molecule has 0 aliphatic carbocycles. The van der Waals surface area contributed by atoms with E-state index in [-0.39, 0.29) is 0 Å². The third-order valence-electron chi connectivity index (χ3n) is 5.27. The van der Waals surface area contributed by atoms with Crippen LogP contribution in [0.4, 0.5) is 5.69 Å². The van der Waals surface area contributed by atoms with E-state index in [1.807, 2.05) is 11.3 Å². The molecular weight excluding hydrogens is 276 g/mol. The molecule has 2 nitrogen and oxygen atoms in total. The SMILES string of the molecule is CC(C)C1CN2CCCC2CN1c1ccc2sccc2c1. The van der Waals surface area contributed by atoms with E-state index in [1.165, 1.54) is 48.2 Å². The van der Waals surface area contributed by atoms with Gasteiger partial charge in [0.2, 0.25) is 0 Å². The third-order valence-corrected chi connectivity index (χ3v) is 6.16. The van der Waals surface area contributed by atoms with Crippen LogP contribution in [0, 0.1) is 5.92 Å². The number of nitrogens with zero attached hydrogens (tertiary/aromatic N) is 2. The number of hydrogen-bond donors (Lipinski definition) is 0. The molecule has 3 heterocycles. The van der Waals surface area contributed by atoms with Gasteiger partial charge in [0.05, 0.1) is 0 Å². The number of piperazine rings is 1. The fourth-order valence-corrected chi connectivity index (χ4v) is 4.81. The normalized spacial score (nSPS) is 26.7. The number of fused-ring (bicyclic) bond motifs is 2. The van der Waals surface area contributed by atoms with Crippen LogP contribution >= 0.6 is 11.3 Å². The molecule has 2 saturated heterocycles. The molecule has 0 N–H and O–H groups in total. The summed E-state index contributed by atoms with van der Waals surface area (Å²) in [7, 11) is 0. The van der Waals surface area contributed by atoms with Crippen LogP contribution in [0.2, 0.25) is 0 Å². The van der Waals surface area contributed by atoms with E-state index in [9.17, 15) is 0 Å². The van der Waals surface area contributed by atoms with Gasteiger partial charge in [-0.1, -0.05) is 13.8 Å². The molecule has 112 valence electrons. The first-order valence-corrected chi connectivity index (χ1v) is 9.08. The van der Waals surface area contributed by atoms with Gasteiger partial charge in [0, 0.05) is 35.6 Å². The molecule has 2 fully saturated rings. The lowest BCUT2D eigenvalue weighted by atomic mass is 9.96. The predicted octanol–water partition coefficient (Wildman–Crippen LogP) is 4.21. The molecular formula is C18H24N2S. The van der Waals surface area contributed by atoms with Crippen LogP contribution in [-0.4, -0.2) is 36.6 Å². The maximum Gasteiger partial charge on any atom is 0.0440 e. The van der Waals surface area contributed by atoms with Gasteiger partial charge < -0.3 is 4.90 Å². The molecule has 2 aromatic rings. The Morgan fingerprint density at radius 3 is 2.95 bits per heavy atom. The Labute approximate surface area is 131 Å². The Balaban J connectivity index is 1.69. The predicted molar refractivity (Wildman–Crippen MR) is 92.4 cm³/mol. The van der Waals surface area contributed by atoms with E-state index in [1.54, 1.807) is 0 Å². The maximum atomic E-state index is 2.73. The van der Waals surface area contributed by atoms with E-state index in [0.717, 1.165) is 6.04 Å². The molecule has 1 aromatic carbocycles. The zero-order chi connectivity index (χ0) is 14.4. The number of hydrogen-bond acceptors (Lipinski definition) is 3. The molecule has 2 aliphatic heterocycles. The zero-order valence-corrected chi connectivity index (χ0v) is 13.8. The number of rotatable bonds is 2. The highest BCUT2D eigenvalue weighted by atomic mass is 32.1. The summed E-state index contributed by atoms with van der Waals surface area (Å²) in [6.45, 7) is 8.50. The number of benzene rings is 1. The van der Waals surface area contributed by atoms with Crippen LogP contribution in [0.25, 0.3) is 10.1 Å². The van der Waals surface area contributed by atoms with Gasteiger partial charge in [-0.3, -0.25) is 4.90 Å². The maximum absolute atomic E-state index is 2.73. The van der Waals surface area contributed by atoms with Crippen molar-refractivity contribution in [1.82, 2.24) is 4.90 Å². The average molecular weight is 300 g/mol. The van der Waals surface area contributed by atoms with E-state index in [2.05, 4.69) is 53.3 Å². The van der Waals surface area contributed by atoms with Crippen LogP contribution in [0.15, 0.2) is 29.6 Å². The van der Waals surface area contributed by atoms with Crippen molar-refractivity contribution in [2.45, 2.75) is 38.8 Å². The van der Waals surface area contributed by atoms with Gasteiger partial charge in [0.1, 0.15) is 0 Å². The highest BCUT2D eigenvalue weighted by Crippen LogP contribution is 2.33. The van der Waals surface area contributed by atoms with Crippen LogP contribution in [0.1, 0.15) is 26.7 Å². The molecule has 2 aliphatic rings. The minimum Gasteiger partial charge on any atom is -0.365 e. The van der Waals surface area contributed by atoms with Gasteiger partial charge >= 0.3 is 0 Å². The van der Waals surface area contributed by atoms with Gasteiger partial charge in [-0.25, -0.2) is 0 Å². The van der Waals surface area contributed by atoms with Crippen molar-refractivity contribution in [2.24, 2.45) is 5.92 Å². The average Bonchev–Trinajstić information content (AvgIpc) is 3.13. The number of thiophene rings is 1. The molecule has 2 unspecified atom stereocenters. The fraction of sp³-hybridized carbons (Fsp3) is 0.556. The summed E-state index contributed by atoms with van der Waals surface area (Å²) in [5.74, 6) is 0.699. The molecule has 1 aromatic heterocycles. The Hall–Kier alpha value is -1.06. The summed E-state index contributed by atoms with van der Waals surface area (Å²) in [6.07, 6.45) is 2.76. The molecule has 4 rings (SSSR count). The summed E-state index contributed by atoms with van der Waals surface area (Å²) in [4.78, 5) is 5.42. The van der Waals surface area contributed by atoms with Crippen LogP contribution in [0.3, 0.4) is 0 Å². The first-order valence-electron chi connectivity index (χ1n) is 8.20. The second-order valence-electron chi connectivity index (χ2n) is 6.90. The van der Waals surface area contributed by atoms with Crippen LogP contribution in [-0.2, 0) is 0 Å². The van der Waals surface area contributed by atoms with Crippen molar-refractivity contribution in [3.05, 3.63) is 29.6 Å². The lowest BCUT2D eigenvalue weighted by Gasteiger charge is -2.46. The highest BCUT2D eigenvalue weighted by Gasteiger charge is 2.37. The van der Waals surface area contributed by atoms with Crippen molar-refractivity contribution in [3.8, 4) is 0 Å². The van der Waals surface area contributed by atoms with Crippen LogP contribution in [0.5, 0.6) is 0 Å². The van der Waals surface area contributed by atoms with Gasteiger partial charge in [-0.15, -0.1) is 11.3 Å². The minimum absolute atomic E-state index is 0.649. The van der Waals surface area contributed by atoms with E-state index in [4.69, 9.17) is 0 Å². The summed E-state index contributed by atoms with van der Waals surface area (Å²) in [6, 6.07) is 10.7. The summed E-state index contributed by atoms with van der Waals surface area (Å²) in [5, 5.41) is 3.59. The first-order chi connectivity index (χ1) is 10.2. The summed E-state index contributed by atoms with van der Waals surface area (Å²) >= 11 is 1.84. The smallest absolute Gasteiger partial charge is 0.0440 e. The largest absolute Gasteiger partial charge is 0.365 e. The number of anilines is 1. The minimum atomic E-state index is 0.649. The van der Waals surface area contributed by atoms with E-state index < -0.39 is 0 Å². The van der Waals surface area contributed by atoms with Crippen molar-refractivity contribution in [3.63, 3.8) is 0 Å². The van der Waals surface area contributed by atoms with Crippen molar-refractivity contribution in [1.29, 1.82) is 0 Å². The highest BCUT2D eigenvalue weighted by molar-refractivity contribution is 7.17. The van der Waals surface area contributed by atoms with Crippen molar-refractivity contribution in [2.75, 3.05) is 24.5 Å². The molecule has 0 bridgehead atoms. The quantitative estimate of drug-likeness (QED) is 0.819. The molecule has 0 amide bonds. The Morgan fingerprint density at radius 1 is 1.19 bits per heavy atom. The molecule has 0 radical (unpaired) electrons. The van der Waals surface area contributed by atoms with E-state index in [0.29, 0.717) is 12.0 Å². The third kappa shape index (κ3) is 2.36. The van der Waals surface area contributed by atoms with E-state index >= 15 is 0 Å². The summed E-state index contributed by atoms with van der Waals surface area (Å²) in [5.41, 5.74) is 1.42. The Bertz CT molecular complexity index is 633.